The molecule has 6 heteroatoms. The molecule has 0 spiro atoms. The van der Waals surface area contributed by atoms with Crippen LogP contribution in [0, 0.1) is 0 Å². The van der Waals surface area contributed by atoms with Crippen molar-refractivity contribution in [2.24, 2.45) is 5.10 Å². The first-order valence-electron chi connectivity index (χ1n) is 5.67. The fourth-order valence-corrected chi connectivity index (χ4v) is 1.91. The number of anilines is 1. The zero-order valence-corrected chi connectivity index (χ0v) is 10.6. The van der Waals surface area contributed by atoms with Crippen molar-refractivity contribution in [1.29, 1.82) is 0 Å². The molecule has 1 aromatic heterocycles. The Bertz CT molecular complexity index is 639. The van der Waals surface area contributed by atoms with Crippen LogP contribution in [0.3, 0.4) is 0 Å². The van der Waals surface area contributed by atoms with Crippen LogP contribution in [0.15, 0.2) is 47.8 Å². The Hall–Kier alpha value is -2.27. The molecule has 3 rings (SSSR count). The highest BCUT2D eigenvalue weighted by Gasteiger charge is 2.27. The van der Waals surface area contributed by atoms with Crippen molar-refractivity contribution in [2.75, 3.05) is 5.01 Å². The van der Waals surface area contributed by atoms with Gasteiger partial charge < -0.3 is 0 Å². The fourth-order valence-electron chi connectivity index (χ4n) is 1.79. The molecule has 0 aliphatic carbocycles. The van der Waals surface area contributed by atoms with Crippen LogP contribution in [0.5, 0.6) is 0 Å². The normalized spacial score (nSPS) is 14.7. The van der Waals surface area contributed by atoms with Crippen LogP contribution in [0.1, 0.15) is 12.0 Å². The number of carbonyl (C=O) groups is 1. The van der Waals surface area contributed by atoms with Crippen LogP contribution in [0.2, 0.25) is 5.02 Å². The largest absolute Gasteiger partial charge is 0.272 e. The van der Waals surface area contributed by atoms with E-state index in [9.17, 15) is 4.79 Å². The quantitative estimate of drug-likeness (QED) is 0.843. The molecule has 19 heavy (non-hydrogen) atoms. The lowest BCUT2D eigenvalue weighted by molar-refractivity contribution is -0.117. The van der Waals surface area contributed by atoms with E-state index in [0.717, 1.165) is 5.56 Å². The molecular weight excluding hydrogens is 264 g/mol. The van der Waals surface area contributed by atoms with E-state index in [2.05, 4.69) is 15.1 Å². The first-order chi connectivity index (χ1) is 9.24. The number of rotatable bonds is 2. The predicted molar refractivity (Wildman–Crippen MR) is 72.1 cm³/mol. The summed E-state index contributed by atoms with van der Waals surface area (Å²) in [6.45, 7) is 0. The number of hydrazone groups is 1. The topological polar surface area (TPSA) is 58.5 Å². The Morgan fingerprint density at radius 2 is 1.79 bits per heavy atom. The van der Waals surface area contributed by atoms with Crippen molar-refractivity contribution >= 4 is 29.2 Å². The summed E-state index contributed by atoms with van der Waals surface area (Å²) in [5, 5.41) is 6.15. The molecule has 1 amide bonds. The molecule has 0 fully saturated rings. The SMILES string of the molecule is O=C1CC(c2ccc(Cl)cc2)=NN1c1ncccn1. The van der Waals surface area contributed by atoms with Crippen LogP contribution >= 0.6 is 11.6 Å². The smallest absolute Gasteiger partial charge is 0.256 e. The highest BCUT2D eigenvalue weighted by molar-refractivity contribution is 6.30. The van der Waals surface area contributed by atoms with Gasteiger partial charge in [-0.25, -0.2) is 9.97 Å². The first-order valence-corrected chi connectivity index (χ1v) is 6.05. The second-order valence-corrected chi connectivity index (χ2v) is 4.42. The molecule has 0 radical (unpaired) electrons. The van der Waals surface area contributed by atoms with E-state index in [-0.39, 0.29) is 18.3 Å². The molecule has 0 saturated carbocycles. The average molecular weight is 273 g/mol. The number of aromatic nitrogens is 2. The second kappa shape index (κ2) is 4.78. The molecule has 1 aliphatic rings. The number of nitrogens with zero attached hydrogens (tertiary/aromatic N) is 4. The maximum atomic E-state index is 11.9. The summed E-state index contributed by atoms with van der Waals surface area (Å²) in [6, 6.07) is 8.90. The fraction of sp³-hybridized carbons (Fsp3) is 0.0769. The van der Waals surface area contributed by atoms with Crippen LogP contribution in [-0.2, 0) is 4.79 Å². The third-order valence-corrected chi connectivity index (χ3v) is 2.95. The summed E-state index contributed by atoms with van der Waals surface area (Å²) in [5.41, 5.74) is 1.56. The summed E-state index contributed by atoms with van der Waals surface area (Å²) in [6.07, 6.45) is 3.39. The monoisotopic (exact) mass is 272 g/mol. The number of hydrogen-bond donors (Lipinski definition) is 0. The van der Waals surface area contributed by atoms with E-state index < -0.39 is 0 Å². The average Bonchev–Trinajstić information content (AvgIpc) is 2.83. The standard InChI is InChI=1S/C13H9ClN4O/c14-10-4-2-9(3-5-10)11-8-12(19)18(17-11)13-15-6-1-7-16-13/h1-7H,8H2. The van der Waals surface area contributed by atoms with E-state index in [1.807, 2.05) is 12.1 Å². The third-order valence-electron chi connectivity index (χ3n) is 2.69. The maximum Gasteiger partial charge on any atom is 0.256 e. The molecular formula is C13H9ClN4O. The minimum absolute atomic E-state index is 0.142. The number of benzene rings is 1. The lowest BCUT2D eigenvalue weighted by Gasteiger charge is -2.07. The first kappa shape index (κ1) is 11.8. The summed E-state index contributed by atoms with van der Waals surface area (Å²) >= 11 is 5.83. The van der Waals surface area contributed by atoms with Gasteiger partial charge in [0.1, 0.15) is 0 Å². The van der Waals surface area contributed by atoms with Gasteiger partial charge >= 0.3 is 0 Å². The predicted octanol–water partition coefficient (Wildman–Crippen LogP) is 2.27. The zero-order valence-electron chi connectivity index (χ0n) is 9.82. The van der Waals surface area contributed by atoms with Crippen molar-refractivity contribution in [2.45, 2.75) is 6.42 Å². The summed E-state index contributed by atoms with van der Waals surface area (Å²) < 4.78 is 0. The minimum atomic E-state index is -0.142. The molecule has 94 valence electrons. The van der Waals surface area contributed by atoms with E-state index in [0.29, 0.717) is 10.7 Å². The molecule has 1 aliphatic heterocycles. The molecule has 0 saturated heterocycles. The van der Waals surface area contributed by atoms with E-state index in [1.54, 1.807) is 30.6 Å². The Morgan fingerprint density at radius 3 is 2.47 bits per heavy atom. The number of halogens is 1. The highest BCUT2D eigenvalue weighted by Crippen LogP contribution is 2.20. The number of carbonyl (C=O) groups excluding carboxylic acids is 1. The van der Waals surface area contributed by atoms with Crippen LogP contribution in [0.4, 0.5) is 5.95 Å². The van der Waals surface area contributed by atoms with Gasteiger partial charge in [-0.1, -0.05) is 23.7 Å². The van der Waals surface area contributed by atoms with Gasteiger partial charge in [0, 0.05) is 17.4 Å². The lowest BCUT2D eigenvalue weighted by atomic mass is 10.1. The summed E-state index contributed by atoms with van der Waals surface area (Å²) in [5.74, 6) is 0.146. The van der Waals surface area contributed by atoms with Crippen molar-refractivity contribution in [3.05, 3.63) is 53.3 Å². The Morgan fingerprint density at radius 1 is 1.11 bits per heavy atom. The minimum Gasteiger partial charge on any atom is -0.272 e. The van der Waals surface area contributed by atoms with Gasteiger partial charge in [0.15, 0.2) is 0 Å². The van der Waals surface area contributed by atoms with Gasteiger partial charge in [-0.15, -0.1) is 0 Å². The van der Waals surface area contributed by atoms with Crippen molar-refractivity contribution in [3.8, 4) is 0 Å². The second-order valence-electron chi connectivity index (χ2n) is 3.98. The maximum absolute atomic E-state index is 11.9. The van der Waals surface area contributed by atoms with Crippen molar-refractivity contribution in [1.82, 2.24) is 9.97 Å². The van der Waals surface area contributed by atoms with E-state index in [4.69, 9.17) is 11.6 Å². The molecule has 1 aromatic carbocycles. The highest BCUT2D eigenvalue weighted by atomic mass is 35.5. The van der Waals surface area contributed by atoms with Crippen LogP contribution in [0.25, 0.3) is 0 Å². The number of amides is 1. The Kier molecular flexibility index (Phi) is 2.97. The van der Waals surface area contributed by atoms with Gasteiger partial charge in [-0.2, -0.15) is 10.1 Å². The molecule has 2 heterocycles. The summed E-state index contributed by atoms with van der Waals surface area (Å²) in [7, 11) is 0. The van der Waals surface area contributed by atoms with Gasteiger partial charge in [0.25, 0.3) is 11.9 Å². The third kappa shape index (κ3) is 2.32. The number of hydrogen-bond acceptors (Lipinski definition) is 4. The lowest BCUT2D eigenvalue weighted by Crippen LogP contribution is -2.21. The molecule has 0 N–H and O–H groups in total. The Balaban J connectivity index is 1.93. The van der Waals surface area contributed by atoms with Gasteiger partial charge in [0.05, 0.1) is 12.1 Å². The summed E-state index contributed by atoms with van der Waals surface area (Å²) in [4.78, 5) is 20.0. The van der Waals surface area contributed by atoms with Gasteiger partial charge in [-0.3, -0.25) is 4.79 Å². The van der Waals surface area contributed by atoms with Gasteiger partial charge in [-0.05, 0) is 23.8 Å². The van der Waals surface area contributed by atoms with Crippen LogP contribution < -0.4 is 5.01 Å². The molecule has 5 nitrogen and oxygen atoms in total. The van der Waals surface area contributed by atoms with E-state index in [1.165, 1.54) is 5.01 Å². The molecule has 0 unspecified atom stereocenters. The molecule has 0 atom stereocenters. The molecule has 0 bridgehead atoms. The van der Waals surface area contributed by atoms with Gasteiger partial charge in [0.2, 0.25) is 0 Å². The zero-order chi connectivity index (χ0) is 13.2. The van der Waals surface area contributed by atoms with Crippen molar-refractivity contribution < 1.29 is 4.79 Å². The Labute approximate surface area is 114 Å². The van der Waals surface area contributed by atoms with Crippen molar-refractivity contribution in [3.63, 3.8) is 0 Å². The van der Waals surface area contributed by atoms with E-state index >= 15 is 0 Å². The molecule has 2 aromatic rings. The van der Waals surface area contributed by atoms with Crippen LogP contribution in [-0.4, -0.2) is 21.6 Å².